The van der Waals surface area contributed by atoms with Gasteiger partial charge in [0.25, 0.3) is 0 Å². The topological polar surface area (TPSA) is 68.4 Å². The maximum absolute atomic E-state index is 12.1. The lowest BCUT2D eigenvalue weighted by Gasteiger charge is -2.27. The molecule has 0 saturated carbocycles. The third-order valence-corrected chi connectivity index (χ3v) is 6.06. The molecular weight excluding hydrogens is 370 g/mol. The number of halogens is 1. The first-order valence-electron chi connectivity index (χ1n) is 8.26. The predicted molar refractivity (Wildman–Crippen MR) is 106 cm³/mol. The number of nitrogen functional groups attached to an aromatic ring is 1. The van der Waals surface area contributed by atoms with Crippen molar-refractivity contribution in [3.63, 3.8) is 0 Å². The fraction of sp³-hybridized carbons (Fsp3) is 0.263. The van der Waals surface area contributed by atoms with Crippen LogP contribution in [0.25, 0.3) is 21.3 Å². The summed E-state index contributed by atoms with van der Waals surface area (Å²) < 4.78 is 4.89. The van der Waals surface area contributed by atoms with E-state index in [0.717, 1.165) is 52.1 Å². The van der Waals surface area contributed by atoms with Gasteiger partial charge in [-0.2, -0.15) is 0 Å². The lowest BCUT2D eigenvalue weighted by molar-refractivity contribution is 0.0607. The van der Waals surface area contributed by atoms with E-state index in [0.29, 0.717) is 15.6 Å². The summed E-state index contributed by atoms with van der Waals surface area (Å²) in [7, 11) is 3.45. The van der Waals surface area contributed by atoms with Gasteiger partial charge in [0.15, 0.2) is 0 Å². The number of carbonyl (C=O) groups is 1. The SMILES string of the molecule is COC(=O)c1sc2nc3c(c(-c4ccc(Cl)cc4)c2c1N)CN(C)CC3. The van der Waals surface area contributed by atoms with Crippen molar-refractivity contribution < 1.29 is 9.53 Å². The highest BCUT2D eigenvalue weighted by molar-refractivity contribution is 7.21. The number of likely N-dealkylation sites (N-methyl/N-ethyl adjacent to an activating group) is 1. The van der Waals surface area contributed by atoms with Gasteiger partial charge in [-0.3, -0.25) is 0 Å². The number of nitrogens with zero attached hydrogens (tertiary/aromatic N) is 2. The number of aromatic nitrogens is 1. The number of anilines is 1. The summed E-state index contributed by atoms with van der Waals surface area (Å²) in [4.78, 5) is 20.4. The van der Waals surface area contributed by atoms with E-state index in [-0.39, 0.29) is 0 Å². The van der Waals surface area contributed by atoms with Crippen LogP contribution in [0.5, 0.6) is 0 Å². The van der Waals surface area contributed by atoms with Crippen LogP contribution in [0.3, 0.4) is 0 Å². The Balaban J connectivity index is 2.07. The number of methoxy groups -OCH3 is 1. The first kappa shape index (κ1) is 17.3. The summed E-state index contributed by atoms with van der Waals surface area (Å²) >= 11 is 7.37. The summed E-state index contributed by atoms with van der Waals surface area (Å²) in [5, 5.41) is 1.50. The van der Waals surface area contributed by atoms with E-state index >= 15 is 0 Å². The number of thiophene rings is 1. The lowest BCUT2D eigenvalue weighted by atomic mass is 9.92. The molecule has 3 aromatic rings. The van der Waals surface area contributed by atoms with Gasteiger partial charge in [0, 0.05) is 41.2 Å². The zero-order valence-electron chi connectivity index (χ0n) is 14.5. The molecule has 0 spiro atoms. The van der Waals surface area contributed by atoms with E-state index in [2.05, 4.69) is 11.9 Å². The van der Waals surface area contributed by atoms with E-state index in [1.807, 2.05) is 24.3 Å². The summed E-state index contributed by atoms with van der Waals surface area (Å²) in [6.07, 6.45) is 0.869. The highest BCUT2D eigenvalue weighted by atomic mass is 35.5. The Bertz CT molecular complexity index is 1010. The van der Waals surface area contributed by atoms with Gasteiger partial charge in [-0.15, -0.1) is 11.3 Å². The van der Waals surface area contributed by atoms with Crippen LogP contribution in [0.15, 0.2) is 24.3 Å². The molecule has 7 heteroatoms. The van der Waals surface area contributed by atoms with Crippen LogP contribution < -0.4 is 5.73 Å². The van der Waals surface area contributed by atoms with Crippen LogP contribution in [0.4, 0.5) is 5.69 Å². The number of nitrogens with two attached hydrogens (primary N) is 1. The van der Waals surface area contributed by atoms with Gasteiger partial charge in [-0.05, 0) is 30.3 Å². The van der Waals surface area contributed by atoms with E-state index in [1.165, 1.54) is 18.4 Å². The first-order valence-corrected chi connectivity index (χ1v) is 9.45. The van der Waals surface area contributed by atoms with Crippen LogP contribution >= 0.6 is 22.9 Å². The molecule has 26 heavy (non-hydrogen) atoms. The number of rotatable bonds is 2. The quantitative estimate of drug-likeness (QED) is 0.674. The fourth-order valence-electron chi connectivity index (χ4n) is 3.44. The van der Waals surface area contributed by atoms with Crippen molar-refractivity contribution in [1.29, 1.82) is 0 Å². The van der Waals surface area contributed by atoms with Gasteiger partial charge in [0.05, 0.1) is 12.8 Å². The highest BCUT2D eigenvalue weighted by Gasteiger charge is 2.27. The smallest absolute Gasteiger partial charge is 0.350 e. The number of fused-ring (bicyclic) bond motifs is 2. The molecular formula is C19H18ClN3O2S. The van der Waals surface area contributed by atoms with E-state index in [4.69, 9.17) is 27.1 Å². The first-order chi connectivity index (χ1) is 12.5. The Morgan fingerprint density at radius 1 is 1.35 bits per heavy atom. The van der Waals surface area contributed by atoms with Crippen molar-refractivity contribution in [2.24, 2.45) is 0 Å². The molecule has 0 amide bonds. The normalized spacial score (nSPS) is 14.4. The molecule has 3 heterocycles. The minimum atomic E-state index is -0.428. The van der Waals surface area contributed by atoms with Gasteiger partial charge < -0.3 is 15.4 Å². The Morgan fingerprint density at radius 2 is 2.08 bits per heavy atom. The Morgan fingerprint density at radius 3 is 2.77 bits per heavy atom. The van der Waals surface area contributed by atoms with Gasteiger partial charge in [0.1, 0.15) is 9.71 Å². The third kappa shape index (κ3) is 2.74. The van der Waals surface area contributed by atoms with E-state index in [9.17, 15) is 4.79 Å². The number of hydrogen-bond donors (Lipinski definition) is 1. The molecule has 0 fully saturated rings. The second kappa shape index (κ2) is 6.54. The average molecular weight is 388 g/mol. The number of ether oxygens (including phenoxy) is 1. The molecule has 0 unspecified atom stereocenters. The Hall–Kier alpha value is -2.15. The third-order valence-electron chi connectivity index (χ3n) is 4.73. The molecule has 1 aliphatic rings. The Kier molecular flexibility index (Phi) is 4.34. The lowest BCUT2D eigenvalue weighted by Crippen LogP contribution is -2.27. The summed E-state index contributed by atoms with van der Waals surface area (Å²) in [5.41, 5.74) is 11.1. The molecule has 5 nitrogen and oxygen atoms in total. The van der Waals surface area contributed by atoms with Crippen molar-refractivity contribution in [2.45, 2.75) is 13.0 Å². The number of benzene rings is 1. The molecule has 4 rings (SSSR count). The molecule has 0 radical (unpaired) electrons. The predicted octanol–water partition coefficient (Wildman–Crippen LogP) is 3.97. The number of pyridine rings is 1. The monoisotopic (exact) mass is 387 g/mol. The van der Waals surface area contributed by atoms with Crippen molar-refractivity contribution in [3.05, 3.63) is 45.4 Å². The number of carbonyl (C=O) groups excluding carboxylic acids is 1. The van der Waals surface area contributed by atoms with Gasteiger partial charge in [-0.1, -0.05) is 23.7 Å². The van der Waals surface area contributed by atoms with Crippen molar-refractivity contribution >= 4 is 44.8 Å². The molecule has 0 bridgehead atoms. The molecule has 1 aliphatic heterocycles. The van der Waals surface area contributed by atoms with Gasteiger partial charge in [-0.25, -0.2) is 9.78 Å². The molecule has 0 saturated heterocycles. The molecule has 0 atom stereocenters. The minimum absolute atomic E-state index is 0.404. The zero-order chi connectivity index (χ0) is 18.4. The second-order valence-electron chi connectivity index (χ2n) is 6.42. The largest absolute Gasteiger partial charge is 0.465 e. The number of hydrogen-bond acceptors (Lipinski definition) is 6. The molecule has 0 aliphatic carbocycles. The number of esters is 1. The van der Waals surface area contributed by atoms with Crippen LogP contribution in [0.2, 0.25) is 5.02 Å². The highest BCUT2D eigenvalue weighted by Crippen LogP contribution is 2.43. The summed E-state index contributed by atoms with van der Waals surface area (Å²) in [6, 6.07) is 7.71. The fourth-order valence-corrected chi connectivity index (χ4v) is 4.61. The minimum Gasteiger partial charge on any atom is -0.465 e. The molecule has 2 N–H and O–H groups in total. The van der Waals surface area contributed by atoms with E-state index < -0.39 is 5.97 Å². The maximum Gasteiger partial charge on any atom is 0.350 e. The average Bonchev–Trinajstić information content (AvgIpc) is 2.96. The second-order valence-corrected chi connectivity index (χ2v) is 7.86. The van der Waals surface area contributed by atoms with Crippen molar-refractivity contribution in [1.82, 2.24) is 9.88 Å². The Labute approximate surface area is 160 Å². The zero-order valence-corrected chi connectivity index (χ0v) is 16.1. The van der Waals surface area contributed by atoms with Crippen LogP contribution in [-0.4, -0.2) is 36.6 Å². The standard InChI is InChI=1S/C19H18ClN3O2S/c1-23-8-7-13-12(9-23)14(10-3-5-11(20)6-4-10)15-16(21)17(19(24)25-2)26-18(15)22-13/h3-6H,7-9,21H2,1-2H3. The van der Waals surface area contributed by atoms with Crippen LogP contribution in [-0.2, 0) is 17.7 Å². The van der Waals surface area contributed by atoms with Crippen LogP contribution in [0, 0.1) is 0 Å². The summed E-state index contributed by atoms with van der Waals surface area (Å²) in [5.74, 6) is -0.428. The van der Waals surface area contributed by atoms with Crippen LogP contribution in [0.1, 0.15) is 20.9 Å². The van der Waals surface area contributed by atoms with Gasteiger partial charge in [0.2, 0.25) is 0 Å². The summed E-state index contributed by atoms with van der Waals surface area (Å²) in [6.45, 7) is 1.75. The van der Waals surface area contributed by atoms with Crippen molar-refractivity contribution in [3.8, 4) is 11.1 Å². The van der Waals surface area contributed by atoms with E-state index in [1.54, 1.807) is 0 Å². The van der Waals surface area contributed by atoms with Crippen molar-refractivity contribution in [2.75, 3.05) is 26.4 Å². The maximum atomic E-state index is 12.1. The van der Waals surface area contributed by atoms with Gasteiger partial charge >= 0.3 is 5.97 Å². The molecule has 134 valence electrons. The molecule has 2 aromatic heterocycles. The molecule has 1 aromatic carbocycles.